The van der Waals surface area contributed by atoms with Gasteiger partial charge in [-0.25, -0.2) is 9.79 Å². The van der Waals surface area contributed by atoms with Crippen LogP contribution in [0, 0.1) is 0 Å². The Bertz CT molecular complexity index is 185. The summed E-state index contributed by atoms with van der Waals surface area (Å²) in [5.41, 5.74) is 0. The summed E-state index contributed by atoms with van der Waals surface area (Å²) in [6.45, 7) is 6.41. The van der Waals surface area contributed by atoms with Gasteiger partial charge in [-0.2, -0.15) is 0 Å². The maximum Gasteiger partial charge on any atom is 0.235 e. The number of likely N-dealkylation sites (tertiary alicyclic amines) is 1. The lowest BCUT2D eigenvalue weighted by Gasteiger charge is -2.32. The van der Waals surface area contributed by atoms with E-state index < -0.39 is 0 Å². The summed E-state index contributed by atoms with van der Waals surface area (Å²) in [7, 11) is 0. The van der Waals surface area contributed by atoms with Crippen LogP contribution in [0.1, 0.15) is 26.7 Å². The van der Waals surface area contributed by atoms with Gasteiger partial charge >= 0.3 is 0 Å². The zero-order valence-electron chi connectivity index (χ0n) is 7.79. The highest BCUT2D eigenvalue weighted by Crippen LogP contribution is 2.14. The monoisotopic (exact) mass is 168 g/mol. The van der Waals surface area contributed by atoms with Crippen LogP contribution in [-0.2, 0) is 4.79 Å². The summed E-state index contributed by atoms with van der Waals surface area (Å²) in [6, 6.07) is 0.758. The lowest BCUT2D eigenvalue weighted by atomic mass is 10.1. The molecule has 0 aromatic carbocycles. The molecule has 1 rings (SSSR count). The van der Waals surface area contributed by atoms with E-state index >= 15 is 0 Å². The van der Waals surface area contributed by atoms with Crippen LogP contribution in [0.3, 0.4) is 0 Å². The molecule has 0 bridgehead atoms. The Hall–Kier alpha value is -0.660. The van der Waals surface area contributed by atoms with Crippen molar-refractivity contribution in [3.8, 4) is 0 Å². The highest BCUT2D eigenvalue weighted by molar-refractivity contribution is 5.33. The van der Waals surface area contributed by atoms with E-state index in [1.165, 1.54) is 0 Å². The van der Waals surface area contributed by atoms with Crippen molar-refractivity contribution in [2.45, 2.75) is 38.8 Å². The Balaban J connectivity index is 2.45. The van der Waals surface area contributed by atoms with Gasteiger partial charge in [-0.15, -0.1) is 0 Å². The first-order valence-corrected chi connectivity index (χ1v) is 4.55. The van der Waals surface area contributed by atoms with Crippen molar-refractivity contribution < 1.29 is 4.79 Å². The van der Waals surface area contributed by atoms with E-state index in [9.17, 15) is 4.79 Å². The third-order valence-electron chi connectivity index (χ3n) is 2.39. The smallest absolute Gasteiger partial charge is 0.235 e. The fourth-order valence-corrected chi connectivity index (χ4v) is 1.63. The minimum absolute atomic E-state index is 0.193. The molecule has 0 N–H and O–H groups in total. The molecule has 1 atom stereocenters. The number of carbonyl (C=O) groups excluding carboxylic acids is 1. The van der Waals surface area contributed by atoms with Gasteiger partial charge in [0.05, 0.1) is 6.04 Å². The second kappa shape index (κ2) is 4.39. The molecule has 1 aliphatic heterocycles. The molecule has 0 radical (unpaired) electrons. The Morgan fingerprint density at radius 1 is 1.58 bits per heavy atom. The normalized spacial score (nSPS) is 25.4. The van der Waals surface area contributed by atoms with Crippen molar-refractivity contribution in [3.05, 3.63) is 0 Å². The van der Waals surface area contributed by atoms with Crippen LogP contribution < -0.4 is 0 Å². The molecule has 1 heterocycles. The largest absolute Gasteiger partial charge is 0.299 e. The number of isocyanates is 1. The maximum atomic E-state index is 10.0. The van der Waals surface area contributed by atoms with Gasteiger partial charge in [-0.3, -0.25) is 4.90 Å². The number of hydrogen-bond donors (Lipinski definition) is 0. The predicted octanol–water partition coefficient (Wildman–Crippen LogP) is 1.20. The van der Waals surface area contributed by atoms with Crippen molar-refractivity contribution in [2.24, 2.45) is 4.99 Å². The van der Waals surface area contributed by atoms with Gasteiger partial charge < -0.3 is 0 Å². The van der Waals surface area contributed by atoms with Gasteiger partial charge in [0, 0.05) is 12.6 Å². The van der Waals surface area contributed by atoms with Crippen molar-refractivity contribution in [1.82, 2.24) is 4.90 Å². The molecule has 0 saturated carbocycles. The number of rotatable bonds is 2. The number of nitrogens with zero attached hydrogens (tertiary/aromatic N) is 2. The molecular weight excluding hydrogens is 152 g/mol. The molecule has 0 amide bonds. The van der Waals surface area contributed by atoms with Crippen molar-refractivity contribution in [2.75, 3.05) is 13.1 Å². The molecule has 0 spiro atoms. The third-order valence-corrected chi connectivity index (χ3v) is 2.39. The molecule has 0 aromatic rings. The quantitative estimate of drug-likeness (QED) is 0.458. The van der Waals surface area contributed by atoms with E-state index in [0.29, 0.717) is 6.04 Å². The lowest BCUT2D eigenvalue weighted by molar-refractivity contribution is 0.169. The Morgan fingerprint density at radius 2 is 2.33 bits per heavy atom. The first-order valence-electron chi connectivity index (χ1n) is 4.55. The minimum Gasteiger partial charge on any atom is -0.299 e. The van der Waals surface area contributed by atoms with Crippen LogP contribution in [0.5, 0.6) is 0 Å². The number of hydrogen-bond acceptors (Lipinski definition) is 3. The zero-order valence-corrected chi connectivity index (χ0v) is 7.79. The molecule has 1 saturated heterocycles. The summed E-state index contributed by atoms with van der Waals surface area (Å²) in [5.74, 6) is 0. The van der Waals surface area contributed by atoms with E-state index in [4.69, 9.17) is 0 Å². The molecular formula is C9H16N2O. The van der Waals surface area contributed by atoms with E-state index in [0.717, 1.165) is 25.9 Å². The minimum atomic E-state index is 0.193. The molecule has 3 heteroatoms. The Labute approximate surface area is 73.5 Å². The fraction of sp³-hybridized carbons (Fsp3) is 0.889. The third kappa shape index (κ3) is 2.43. The topological polar surface area (TPSA) is 32.7 Å². The van der Waals surface area contributed by atoms with E-state index in [1.807, 2.05) is 0 Å². The van der Waals surface area contributed by atoms with Crippen molar-refractivity contribution in [1.29, 1.82) is 0 Å². The second-order valence-electron chi connectivity index (χ2n) is 3.61. The van der Waals surface area contributed by atoms with Crippen LogP contribution in [0.15, 0.2) is 4.99 Å². The second-order valence-corrected chi connectivity index (χ2v) is 3.61. The number of piperidine rings is 1. The van der Waals surface area contributed by atoms with Crippen LogP contribution in [0.25, 0.3) is 0 Å². The van der Waals surface area contributed by atoms with Crippen molar-refractivity contribution >= 4 is 6.08 Å². The standard InChI is InChI=1S/C9H16N2O/c1-8(2)11-5-3-4-9(6-11)10-7-12/h8-9H,3-6H2,1-2H3. The average molecular weight is 168 g/mol. The van der Waals surface area contributed by atoms with Gasteiger partial charge in [-0.1, -0.05) is 0 Å². The summed E-state index contributed by atoms with van der Waals surface area (Å²) in [4.78, 5) is 16.2. The molecule has 68 valence electrons. The number of aliphatic imine (C=N–C) groups is 1. The average Bonchev–Trinajstić information content (AvgIpc) is 2.05. The van der Waals surface area contributed by atoms with Gasteiger partial charge in [0.25, 0.3) is 0 Å². The van der Waals surface area contributed by atoms with Crippen molar-refractivity contribution in [3.63, 3.8) is 0 Å². The summed E-state index contributed by atoms with van der Waals surface area (Å²) >= 11 is 0. The van der Waals surface area contributed by atoms with Gasteiger partial charge in [0.15, 0.2) is 0 Å². The van der Waals surface area contributed by atoms with E-state index in [-0.39, 0.29) is 6.04 Å². The predicted molar refractivity (Wildman–Crippen MR) is 47.9 cm³/mol. The molecule has 12 heavy (non-hydrogen) atoms. The first kappa shape index (κ1) is 9.43. The van der Waals surface area contributed by atoms with Gasteiger partial charge in [-0.05, 0) is 33.2 Å². The van der Waals surface area contributed by atoms with Gasteiger partial charge in [0.1, 0.15) is 0 Å². The summed E-state index contributed by atoms with van der Waals surface area (Å²) in [6.07, 6.45) is 3.83. The molecule has 1 fully saturated rings. The van der Waals surface area contributed by atoms with Crippen LogP contribution in [0.4, 0.5) is 0 Å². The van der Waals surface area contributed by atoms with E-state index in [2.05, 4.69) is 23.7 Å². The van der Waals surface area contributed by atoms with Crippen LogP contribution in [-0.4, -0.2) is 36.2 Å². The summed E-state index contributed by atoms with van der Waals surface area (Å²) < 4.78 is 0. The maximum absolute atomic E-state index is 10.0. The molecule has 3 nitrogen and oxygen atoms in total. The lowest BCUT2D eigenvalue weighted by Crippen LogP contribution is -2.41. The molecule has 0 aliphatic carbocycles. The Morgan fingerprint density at radius 3 is 2.92 bits per heavy atom. The van der Waals surface area contributed by atoms with Crippen LogP contribution in [0.2, 0.25) is 0 Å². The highest BCUT2D eigenvalue weighted by atomic mass is 16.1. The molecule has 0 aromatic heterocycles. The summed E-state index contributed by atoms with van der Waals surface area (Å²) in [5, 5.41) is 0. The van der Waals surface area contributed by atoms with Crippen LogP contribution >= 0.6 is 0 Å². The fourth-order valence-electron chi connectivity index (χ4n) is 1.63. The SMILES string of the molecule is CC(C)N1CCCC(N=C=O)C1. The zero-order chi connectivity index (χ0) is 8.97. The molecule has 1 aliphatic rings. The van der Waals surface area contributed by atoms with E-state index in [1.54, 1.807) is 6.08 Å². The first-order chi connectivity index (χ1) is 5.74. The molecule has 1 unspecified atom stereocenters. The highest BCUT2D eigenvalue weighted by Gasteiger charge is 2.20. The Kier molecular flexibility index (Phi) is 3.45. The van der Waals surface area contributed by atoms with Gasteiger partial charge in [0.2, 0.25) is 6.08 Å².